The van der Waals surface area contributed by atoms with Crippen LogP contribution in [0, 0.1) is 5.92 Å². The van der Waals surface area contributed by atoms with Crippen LogP contribution >= 0.6 is 0 Å². The van der Waals surface area contributed by atoms with Gasteiger partial charge in [0.05, 0.1) is 6.54 Å². The molecule has 1 aromatic carbocycles. The maximum absolute atomic E-state index is 4.44. The van der Waals surface area contributed by atoms with Gasteiger partial charge in [-0.1, -0.05) is 37.3 Å². The molecule has 0 bridgehead atoms. The summed E-state index contributed by atoms with van der Waals surface area (Å²) in [5, 5.41) is 3.47. The molecule has 21 heavy (non-hydrogen) atoms. The Morgan fingerprint density at radius 3 is 2.81 bits per heavy atom. The molecule has 2 aromatic rings. The van der Waals surface area contributed by atoms with Gasteiger partial charge in [-0.15, -0.1) is 0 Å². The van der Waals surface area contributed by atoms with Crippen molar-refractivity contribution in [3.63, 3.8) is 0 Å². The number of benzene rings is 1. The van der Waals surface area contributed by atoms with Crippen molar-refractivity contribution in [2.24, 2.45) is 5.92 Å². The van der Waals surface area contributed by atoms with Crippen molar-refractivity contribution in [1.29, 1.82) is 0 Å². The first-order valence-electron chi connectivity index (χ1n) is 7.72. The molecular formula is C17H24N4. The van der Waals surface area contributed by atoms with E-state index in [4.69, 9.17) is 0 Å². The minimum absolute atomic E-state index is 0.396. The molecule has 0 fully saturated rings. The summed E-state index contributed by atoms with van der Waals surface area (Å²) in [5.41, 5.74) is 1.37. The number of hydrogen-bond acceptors (Lipinski definition) is 3. The largest absolute Gasteiger partial charge is 0.333 e. The van der Waals surface area contributed by atoms with Crippen molar-refractivity contribution in [3.8, 4) is 0 Å². The number of nitrogens with one attached hydrogen (secondary N) is 1. The Morgan fingerprint density at radius 2 is 2.05 bits per heavy atom. The first-order valence-corrected chi connectivity index (χ1v) is 7.72. The van der Waals surface area contributed by atoms with Gasteiger partial charge in [0.1, 0.15) is 5.82 Å². The summed E-state index contributed by atoms with van der Waals surface area (Å²) < 4.78 is 2.26. The lowest BCUT2D eigenvalue weighted by Crippen LogP contribution is -2.39. The van der Waals surface area contributed by atoms with Crippen molar-refractivity contribution in [3.05, 3.63) is 54.1 Å². The molecule has 3 rings (SSSR count). The minimum Gasteiger partial charge on any atom is -0.333 e. The summed E-state index contributed by atoms with van der Waals surface area (Å²) in [6.45, 7) is 6.54. The normalized spacial score (nSPS) is 18.2. The van der Waals surface area contributed by atoms with Crippen molar-refractivity contribution in [1.82, 2.24) is 19.8 Å². The fourth-order valence-corrected chi connectivity index (χ4v) is 3.33. The van der Waals surface area contributed by atoms with Crippen LogP contribution in [0.1, 0.15) is 24.4 Å². The van der Waals surface area contributed by atoms with Crippen LogP contribution in [-0.2, 0) is 13.1 Å². The molecule has 0 radical (unpaired) electrons. The number of hydrogen-bond donors (Lipinski definition) is 1. The van der Waals surface area contributed by atoms with Gasteiger partial charge in [0, 0.05) is 38.1 Å². The average molecular weight is 284 g/mol. The van der Waals surface area contributed by atoms with E-state index in [1.807, 2.05) is 6.20 Å². The molecule has 0 amide bonds. The monoisotopic (exact) mass is 284 g/mol. The molecule has 0 saturated carbocycles. The summed E-state index contributed by atoms with van der Waals surface area (Å²) in [5.74, 6) is 1.74. The lowest BCUT2D eigenvalue weighted by Gasteiger charge is -2.33. The summed E-state index contributed by atoms with van der Waals surface area (Å²) in [6, 6.07) is 11.1. The number of imidazole rings is 1. The quantitative estimate of drug-likeness (QED) is 0.914. The molecule has 112 valence electrons. The van der Waals surface area contributed by atoms with E-state index in [0.29, 0.717) is 12.0 Å². The van der Waals surface area contributed by atoms with E-state index in [9.17, 15) is 0 Å². The number of rotatable bonds is 5. The Bertz CT molecular complexity index is 563. The van der Waals surface area contributed by atoms with Gasteiger partial charge in [-0.25, -0.2) is 4.98 Å². The maximum Gasteiger partial charge on any atom is 0.122 e. The molecule has 0 spiro atoms. The van der Waals surface area contributed by atoms with Gasteiger partial charge in [0.15, 0.2) is 0 Å². The minimum atomic E-state index is 0.396. The highest BCUT2D eigenvalue weighted by molar-refractivity contribution is 5.19. The second kappa shape index (κ2) is 6.41. The van der Waals surface area contributed by atoms with Crippen LogP contribution in [0.4, 0.5) is 0 Å². The third kappa shape index (κ3) is 3.17. The van der Waals surface area contributed by atoms with Crippen LogP contribution in [0.2, 0.25) is 0 Å². The first kappa shape index (κ1) is 14.3. The molecule has 1 N–H and O–H groups in total. The van der Waals surface area contributed by atoms with E-state index >= 15 is 0 Å². The Hall–Kier alpha value is -1.65. The van der Waals surface area contributed by atoms with Gasteiger partial charge in [0.2, 0.25) is 0 Å². The standard InChI is InChI=1S/C17H24N4/c1-14(17(18-2)15-6-4-3-5-7-15)12-20-10-11-21-9-8-19-16(21)13-20/h3-9,14,17-18H,10-13H2,1-2H3. The summed E-state index contributed by atoms with van der Waals surface area (Å²) in [4.78, 5) is 6.96. The molecule has 4 nitrogen and oxygen atoms in total. The SMILES string of the molecule is CNC(c1ccccc1)C(C)CN1CCn2ccnc2C1. The van der Waals surface area contributed by atoms with Gasteiger partial charge in [-0.05, 0) is 18.5 Å². The van der Waals surface area contributed by atoms with Crippen LogP contribution in [0.25, 0.3) is 0 Å². The van der Waals surface area contributed by atoms with Crippen molar-refractivity contribution < 1.29 is 0 Å². The molecule has 1 aliphatic rings. The van der Waals surface area contributed by atoms with E-state index in [1.165, 1.54) is 11.4 Å². The Balaban J connectivity index is 1.64. The van der Waals surface area contributed by atoms with Crippen LogP contribution in [0.15, 0.2) is 42.7 Å². The molecule has 1 aliphatic heterocycles. The van der Waals surface area contributed by atoms with E-state index in [2.05, 4.69) is 70.3 Å². The Morgan fingerprint density at radius 1 is 1.24 bits per heavy atom. The molecule has 0 aliphatic carbocycles. The molecule has 0 saturated heterocycles. The van der Waals surface area contributed by atoms with Crippen LogP contribution in [0.3, 0.4) is 0 Å². The van der Waals surface area contributed by atoms with Crippen molar-refractivity contribution in [2.45, 2.75) is 26.1 Å². The van der Waals surface area contributed by atoms with Gasteiger partial charge in [-0.3, -0.25) is 4.90 Å². The zero-order chi connectivity index (χ0) is 14.7. The van der Waals surface area contributed by atoms with Crippen LogP contribution in [-0.4, -0.2) is 34.6 Å². The summed E-state index contributed by atoms with van der Waals surface area (Å²) in [7, 11) is 2.05. The predicted octanol–water partition coefficient (Wildman–Crippen LogP) is 2.30. The highest BCUT2D eigenvalue weighted by Crippen LogP contribution is 2.23. The number of aromatic nitrogens is 2. The molecule has 1 aromatic heterocycles. The van der Waals surface area contributed by atoms with Crippen LogP contribution in [0.5, 0.6) is 0 Å². The van der Waals surface area contributed by atoms with E-state index in [1.54, 1.807) is 0 Å². The fourth-order valence-electron chi connectivity index (χ4n) is 3.33. The number of nitrogens with zero attached hydrogens (tertiary/aromatic N) is 3. The van der Waals surface area contributed by atoms with E-state index in [-0.39, 0.29) is 0 Å². The first-order chi connectivity index (χ1) is 10.3. The van der Waals surface area contributed by atoms with E-state index in [0.717, 1.165) is 26.2 Å². The third-order valence-corrected chi connectivity index (χ3v) is 4.41. The van der Waals surface area contributed by atoms with Gasteiger partial charge in [-0.2, -0.15) is 0 Å². The Kier molecular flexibility index (Phi) is 4.36. The second-order valence-electron chi connectivity index (χ2n) is 5.93. The Labute approximate surface area is 126 Å². The molecule has 4 heteroatoms. The maximum atomic E-state index is 4.44. The van der Waals surface area contributed by atoms with E-state index < -0.39 is 0 Å². The van der Waals surface area contributed by atoms with Gasteiger partial charge < -0.3 is 9.88 Å². The lowest BCUT2D eigenvalue weighted by atomic mass is 9.94. The topological polar surface area (TPSA) is 33.1 Å². The second-order valence-corrected chi connectivity index (χ2v) is 5.93. The zero-order valence-electron chi connectivity index (χ0n) is 12.9. The molecule has 2 unspecified atom stereocenters. The molecular weight excluding hydrogens is 260 g/mol. The average Bonchev–Trinajstić information content (AvgIpc) is 2.96. The zero-order valence-corrected chi connectivity index (χ0v) is 12.9. The van der Waals surface area contributed by atoms with Gasteiger partial charge in [0.25, 0.3) is 0 Å². The number of fused-ring (bicyclic) bond motifs is 1. The molecule has 2 heterocycles. The van der Waals surface area contributed by atoms with Gasteiger partial charge >= 0.3 is 0 Å². The fraction of sp³-hybridized carbons (Fsp3) is 0.471. The third-order valence-electron chi connectivity index (χ3n) is 4.41. The highest BCUT2D eigenvalue weighted by Gasteiger charge is 2.23. The lowest BCUT2D eigenvalue weighted by molar-refractivity contribution is 0.174. The van der Waals surface area contributed by atoms with Crippen LogP contribution < -0.4 is 5.32 Å². The molecule has 2 atom stereocenters. The highest BCUT2D eigenvalue weighted by atomic mass is 15.2. The summed E-state index contributed by atoms with van der Waals surface area (Å²) in [6.07, 6.45) is 3.99. The predicted molar refractivity (Wildman–Crippen MR) is 84.9 cm³/mol. The smallest absolute Gasteiger partial charge is 0.122 e. The van der Waals surface area contributed by atoms with Crippen molar-refractivity contribution in [2.75, 3.05) is 20.1 Å². The summed E-state index contributed by atoms with van der Waals surface area (Å²) >= 11 is 0. The van der Waals surface area contributed by atoms with Crippen molar-refractivity contribution >= 4 is 0 Å².